The lowest BCUT2D eigenvalue weighted by Crippen LogP contribution is -2.24. The molecule has 1 N–H and O–H groups in total. The van der Waals surface area contributed by atoms with Crippen LogP contribution in [-0.4, -0.2) is 23.8 Å². The Labute approximate surface area is 72.7 Å². The Morgan fingerprint density at radius 2 is 2.00 bits per heavy atom. The van der Waals surface area contributed by atoms with Crippen molar-refractivity contribution in [2.24, 2.45) is 0 Å². The number of rotatable bonds is 2. The van der Waals surface area contributed by atoms with E-state index in [1.807, 2.05) is 13.8 Å². The first-order chi connectivity index (χ1) is 5.58. The van der Waals surface area contributed by atoms with E-state index < -0.39 is 11.6 Å². The molecule has 0 atom stereocenters. The monoisotopic (exact) mass is 170 g/mol. The molecule has 0 aromatic heterocycles. The summed E-state index contributed by atoms with van der Waals surface area (Å²) in [5.74, 6) is 4.08. The average molecular weight is 170 g/mol. The van der Waals surface area contributed by atoms with E-state index in [2.05, 4.69) is 16.6 Å². The average Bonchev–Trinajstić information content (AvgIpc) is 2.13. The highest BCUT2D eigenvalue weighted by atomic mass is 16.5. The van der Waals surface area contributed by atoms with Gasteiger partial charge in [0, 0.05) is 5.92 Å². The lowest BCUT2D eigenvalue weighted by atomic mass is 9.99. The largest absolute Gasteiger partial charge is 0.459 e. The van der Waals surface area contributed by atoms with E-state index in [4.69, 9.17) is 0 Å². The van der Waals surface area contributed by atoms with Crippen molar-refractivity contribution in [1.29, 1.82) is 0 Å². The third-order valence-electron chi connectivity index (χ3n) is 1.75. The third-order valence-corrected chi connectivity index (χ3v) is 1.75. The first-order valence-electron chi connectivity index (χ1n) is 3.91. The highest BCUT2D eigenvalue weighted by Gasteiger charge is 2.18. The highest BCUT2D eigenvalue weighted by molar-refractivity contribution is 5.88. The number of carbonyl (C=O) groups excluding carboxylic acids is 1. The molecule has 0 saturated heterocycles. The SMILES string of the molecule is CCC(O)(C#CC(=O)OC)CC. The predicted molar refractivity (Wildman–Crippen MR) is 45.3 cm³/mol. The van der Waals surface area contributed by atoms with Gasteiger partial charge < -0.3 is 9.84 Å². The minimum atomic E-state index is -1.05. The number of hydrogen-bond donors (Lipinski definition) is 1. The zero-order chi connectivity index (χ0) is 9.61. The molecule has 3 heteroatoms. The molecule has 0 bridgehead atoms. The second-order valence-electron chi connectivity index (χ2n) is 2.48. The summed E-state index contributed by atoms with van der Waals surface area (Å²) in [6.07, 6.45) is 1.01. The van der Waals surface area contributed by atoms with Gasteiger partial charge in [0.05, 0.1) is 7.11 Å². The van der Waals surface area contributed by atoms with E-state index in [0.717, 1.165) is 0 Å². The third kappa shape index (κ3) is 3.40. The van der Waals surface area contributed by atoms with Crippen LogP contribution in [-0.2, 0) is 9.53 Å². The van der Waals surface area contributed by atoms with Gasteiger partial charge in [-0.3, -0.25) is 0 Å². The van der Waals surface area contributed by atoms with Crippen molar-refractivity contribution >= 4 is 5.97 Å². The molecule has 12 heavy (non-hydrogen) atoms. The molecule has 0 aromatic rings. The van der Waals surface area contributed by atoms with E-state index in [-0.39, 0.29) is 0 Å². The summed E-state index contributed by atoms with van der Waals surface area (Å²) >= 11 is 0. The van der Waals surface area contributed by atoms with E-state index in [1.165, 1.54) is 7.11 Å². The first kappa shape index (κ1) is 11.0. The summed E-state index contributed by atoms with van der Waals surface area (Å²) < 4.78 is 4.31. The molecule has 0 heterocycles. The molecule has 0 aliphatic heterocycles. The first-order valence-corrected chi connectivity index (χ1v) is 3.91. The van der Waals surface area contributed by atoms with Crippen LogP contribution in [0, 0.1) is 11.8 Å². The fourth-order valence-electron chi connectivity index (χ4n) is 0.645. The molecule has 0 radical (unpaired) electrons. The maximum atomic E-state index is 10.6. The van der Waals surface area contributed by atoms with Crippen LogP contribution in [0.3, 0.4) is 0 Å². The molecule has 0 aliphatic rings. The topological polar surface area (TPSA) is 46.5 Å². The number of esters is 1. The maximum Gasteiger partial charge on any atom is 0.384 e. The summed E-state index contributed by atoms with van der Waals surface area (Å²) in [6.45, 7) is 3.63. The Kier molecular flexibility index (Phi) is 4.38. The molecule has 0 unspecified atom stereocenters. The van der Waals surface area contributed by atoms with Crippen LogP contribution in [0.4, 0.5) is 0 Å². The van der Waals surface area contributed by atoms with Gasteiger partial charge in [-0.05, 0) is 12.8 Å². The van der Waals surface area contributed by atoms with Gasteiger partial charge in [0.25, 0.3) is 0 Å². The van der Waals surface area contributed by atoms with E-state index in [1.54, 1.807) is 0 Å². The molecule has 0 aliphatic carbocycles. The minimum Gasteiger partial charge on any atom is -0.459 e. The van der Waals surface area contributed by atoms with Crippen LogP contribution in [0.5, 0.6) is 0 Å². The minimum absolute atomic E-state index is 0.507. The molecular formula is C9H14O3. The molecule has 0 spiro atoms. The Morgan fingerprint density at radius 3 is 2.33 bits per heavy atom. The molecule has 68 valence electrons. The molecule has 0 aromatic carbocycles. The van der Waals surface area contributed by atoms with Gasteiger partial charge in [-0.25, -0.2) is 4.79 Å². The van der Waals surface area contributed by atoms with Crippen LogP contribution in [0.25, 0.3) is 0 Å². The second kappa shape index (κ2) is 4.78. The molecule has 0 rings (SSSR count). The summed E-state index contributed by atoms with van der Waals surface area (Å²) in [4.78, 5) is 10.6. The number of aliphatic hydroxyl groups is 1. The lowest BCUT2D eigenvalue weighted by molar-refractivity contribution is -0.133. The molecule has 0 amide bonds. The summed E-state index contributed by atoms with van der Waals surface area (Å²) in [5, 5.41) is 9.59. The van der Waals surface area contributed by atoms with Crippen LogP contribution >= 0.6 is 0 Å². The smallest absolute Gasteiger partial charge is 0.384 e. The van der Waals surface area contributed by atoms with Crippen LogP contribution < -0.4 is 0 Å². The number of methoxy groups -OCH3 is 1. The van der Waals surface area contributed by atoms with Crippen molar-refractivity contribution < 1.29 is 14.6 Å². The van der Waals surface area contributed by atoms with E-state index >= 15 is 0 Å². The Morgan fingerprint density at radius 1 is 1.50 bits per heavy atom. The van der Waals surface area contributed by atoms with Gasteiger partial charge in [0.1, 0.15) is 5.60 Å². The van der Waals surface area contributed by atoms with Crippen molar-refractivity contribution in [1.82, 2.24) is 0 Å². The van der Waals surface area contributed by atoms with E-state index in [0.29, 0.717) is 12.8 Å². The fraction of sp³-hybridized carbons (Fsp3) is 0.667. The van der Waals surface area contributed by atoms with Crippen LogP contribution in [0.1, 0.15) is 26.7 Å². The molecular weight excluding hydrogens is 156 g/mol. The fourth-order valence-corrected chi connectivity index (χ4v) is 0.645. The quantitative estimate of drug-likeness (QED) is 0.377. The van der Waals surface area contributed by atoms with Crippen LogP contribution in [0.15, 0.2) is 0 Å². The molecule has 0 fully saturated rings. The normalized spacial score (nSPS) is 10.0. The van der Waals surface area contributed by atoms with Gasteiger partial charge in [0.2, 0.25) is 0 Å². The Bertz CT molecular complexity index is 206. The predicted octanol–water partition coefficient (Wildman–Crippen LogP) is 0.714. The number of carbonyl (C=O) groups is 1. The van der Waals surface area contributed by atoms with Crippen LogP contribution in [0.2, 0.25) is 0 Å². The van der Waals surface area contributed by atoms with Crippen molar-refractivity contribution in [3.63, 3.8) is 0 Å². The van der Waals surface area contributed by atoms with Gasteiger partial charge >= 0.3 is 5.97 Å². The summed E-state index contributed by atoms with van der Waals surface area (Å²) in [6, 6.07) is 0. The van der Waals surface area contributed by atoms with Gasteiger partial charge in [-0.15, -0.1) is 0 Å². The van der Waals surface area contributed by atoms with Gasteiger partial charge in [-0.1, -0.05) is 19.8 Å². The Balaban J connectivity index is 4.34. The molecule has 3 nitrogen and oxygen atoms in total. The van der Waals surface area contributed by atoms with Crippen molar-refractivity contribution in [2.75, 3.05) is 7.11 Å². The molecule has 0 saturated carbocycles. The maximum absolute atomic E-state index is 10.6. The second-order valence-corrected chi connectivity index (χ2v) is 2.48. The number of hydrogen-bond acceptors (Lipinski definition) is 3. The van der Waals surface area contributed by atoms with Crippen molar-refractivity contribution in [2.45, 2.75) is 32.3 Å². The Hall–Kier alpha value is -1.01. The van der Waals surface area contributed by atoms with Gasteiger partial charge in [0.15, 0.2) is 0 Å². The zero-order valence-electron chi connectivity index (χ0n) is 7.68. The lowest BCUT2D eigenvalue weighted by Gasteiger charge is -2.16. The standard InChI is InChI=1S/C9H14O3/c1-4-9(11,5-2)7-6-8(10)12-3/h11H,4-5H2,1-3H3. The summed E-state index contributed by atoms with van der Waals surface area (Å²) in [7, 11) is 1.26. The van der Waals surface area contributed by atoms with Crippen molar-refractivity contribution in [3.8, 4) is 11.8 Å². The summed E-state index contributed by atoms with van der Waals surface area (Å²) in [5.41, 5.74) is -1.05. The number of ether oxygens (including phenoxy) is 1. The zero-order valence-corrected chi connectivity index (χ0v) is 7.68. The van der Waals surface area contributed by atoms with Crippen molar-refractivity contribution in [3.05, 3.63) is 0 Å². The van der Waals surface area contributed by atoms with Gasteiger partial charge in [-0.2, -0.15) is 0 Å². The van der Waals surface area contributed by atoms with E-state index in [9.17, 15) is 9.90 Å². The highest BCUT2D eigenvalue weighted by Crippen LogP contribution is 2.12.